The number of hydrogen-bond donors (Lipinski definition) is 2. The molecule has 1 heterocycles. The van der Waals surface area contributed by atoms with Crippen molar-refractivity contribution in [2.45, 2.75) is 13.0 Å². The molecule has 1 aromatic carbocycles. The lowest BCUT2D eigenvalue weighted by molar-refractivity contribution is -0.118. The molecule has 0 spiro atoms. The summed E-state index contributed by atoms with van der Waals surface area (Å²) < 4.78 is 1.60. The van der Waals surface area contributed by atoms with Crippen molar-refractivity contribution < 1.29 is 4.79 Å². The molecule has 2 aromatic rings. The van der Waals surface area contributed by atoms with Crippen LogP contribution in [-0.4, -0.2) is 10.5 Å². The number of nitrogens with two attached hydrogens (primary N) is 1. The number of nitriles is 1. The van der Waals surface area contributed by atoms with Crippen LogP contribution in [0.3, 0.4) is 0 Å². The maximum absolute atomic E-state index is 12.2. The van der Waals surface area contributed by atoms with Gasteiger partial charge in [0.15, 0.2) is 0 Å². The Kier molecular flexibility index (Phi) is 3.97. The van der Waals surface area contributed by atoms with Gasteiger partial charge in [0, 0.05) is 11.2 Å². The Bertz CT molecular complexity index is 687. The van der Waals surface area contributed by atoms with Crippen molar-refractivity contribution in [2.75, 3.05) is 11.1 Å². The number of amides is 1. The van der Waals surface area contributed by atoms with Crippen LogP contribution in [-0.2, 0) is 4.79 Å². The average Bonchev–Trinajstić information content (AvgIpc) is 2.89. The predicted octanol–water partition coefficient (Wildman–Crippen LogP) is 2.80. The Morgan fingerprint density at radius 1 is 1.50 bits per heavy atom. The van der Waals surface area contributed by atoms with E-state index in [1.165, 1.54) is 0 Å². The van der Waals surface area contributed by atoms with Crippen LogP contribution in [0.25, 0.3) is 0 Å². The highest BCUT2D eigenvalue weighted by atomic mass is 35.5. The first kappa shape index (κ1) is 14.0. The molecule has 1 aromatic heterocycles. The van der Waals surface area contributed by atoms with Crippen LogP contribution < -0.4 is 11.1 Å². The van der Waals surface area contributed by atoms with Gasteiger partial charge in [0.1, 0.15) is 17.8 Å². The Balaban J connectivity index is 2.18. The standard InChI is InChI=1S/C14H13ClN4O/c1-9(19-6-2-3-11(19)8-16)14(20)18-13-5-4-10(15)7-12(13)17/h2-7,9H,17H2,1H3,(H,18,20). The molecule has 0 bridgehead atoms. The van der Waals surface area contributed by atoms with Crippen LogP contribution in [0.1, 0.15) is 18.7 Å². The molecule has 3 N–H and O–H groups in total. The summed E-state index contributed by atoms with van der Waals surface area (Å²) >= 11 is 5.80. The zero-order valence-corrected chi connectivity index (χ0v) is 11.6. The van der Waals surface area contributed by atoms with Crippen LogP contribution in [0.4, 0.5) is 11.4 Å². The number of aromatic nitrogens is 1. The number of carbonyl (C=O) groups excluding carboxylic acids is 1. The van der Waals surface area contributed by atoms with Crippen LogP contribution >= 0.6 is 11.6 Å². The van der Waals surface area contributed by atoms with Gasteiger partial charge in [0.2, 0.25) is 5.91 Å². The van der Waals surface area contributed by atoms with Crippen LogP contribution in [0.15, 0.2) is 36.5 Å². The highest BCUT2D eigenvalue weighted by Gasteiger charge is 2.17. The normalized spacial score (nSPS) is 11.7. The smallest absolute Gasteiger partial charge is 0.247 e. The summed E-state index contributed by atoms with van der Waals surface area (Å²) in [5, 5.41) is 12.2. The Labute approximate surface area is 121 Å². The molecule has 102 valence electrons. The third kappa shape index (κ3) is 2.76. The maximum Gasteiger partial charge on any atom is 0.247 e. The molecule has 0 saturated heterocycles. The molecule has 0 aliphatic heterocycles. The van der Waals surface area contributed by atoms with E-state index >= 15 is 0 Å². The molecule has 5 nitrogen and oxygen atoms in total. The number of benzene rings is 1. The van der Waals surface area contributed by atoms with Gasteiger partial charge in [0.25, 0.3) is 0 Å². The van der Waals surface area contributed by atoms with Crippen molar-refractivity contribution in [1.82, 2.24) is 4.57 Å². The van der Waals surface area contributed by atoms with Crippen molar-refractivity contribution in [2.24, 2.45) is 0 Å². The first-order valence-corrected chi connectivity index (χ1v) is 6.33. The number of rotatable bonds is 3. The highest BCUT2D eigenvalue weighted by molar-refractivity contribution is 6.31. The van der Waals surface area contributed by atoms with Gasteiger partial charge in [-0.05, 0) is 37.3 Å². The van der Waals surface area contributed by atoms with Crippen molar-refractivity contribution >= 4 is 28.9 Å². The summed E-state index contributed by atoms with van der Waals surface area (Å²) in [6, 6.07) is 9.75. The predicted molar refractivity (Wildman–Crippen MR) is 78.4 cm³/mol. The summed E-state index contributed by atoms with van der Waals surface area (Å²) in [5.41, 5.74) is 7.11. The van der Waals surface area contributed by atoms with Gasteiger partial charge in [0.05, 0.1) is 11.4 Å². The second-order valence-corrected chi connectivity index (χ2v) is 4.75. The molecule has 0 radical (unpaired) electrons. The second kappa shape index (κ2) is 5.68. The lowest BCUT2D eigenvalue weighted by Crippen LogP contribution is -2.24. The van der Waals surface area contributed by atoms with Crippen molar-refractivity contribution in [3.05, 3.63) is 47.2 Å². The number of nitrogens with zero attached hydrogens (tertiary/aromatic N) is 2. The quantitative estimate of drug-likeness (QED) is 0.852. The monoisotopic (exact) mass is 288 g/mol. The minimum Gasteiger partial charge on any atom is -0.397 e. The minimum absolute atomic E-state index is 0.258. The molecular weight excluding hydrogens is 276 g/mol. The summed E-state index contributed by atoms with van der Waals surface area (Å²) in [6.45, 7) is 1.71. The first-order valence-electron chi connectivity index (χ1n) is 5.95. The third-order valence-electron chi connectivity index (χ3n) is 2.96. The maximum atomic E-state index is 12.2. The molecule has 1 amide bonds. The van der Waals surface area contributed by atoms with Gasteiger partial charge in [-0.2, -0.15) is 5.26 Å². The van der Waals surface area contributed by atoms with Gasteiger partial charge in [-0.25, -0.2) is 0 Å². The molecule has 2 rings (SSSR count). The number of anilines is 2. The fourth-order valence-electron chi connectivity index (χ4n) is 1.84. The largest absolute Gasteiger partial charge is 0.397 e. The van der Waals surface area contributed by atoms with Crippen LogP contribution in [0, 0.1) is 11.3 Å². The van der Waals surface area contributed by atoms with E-state index in [4.69, 9.17) is 22.6 Å². The molecule has 0 aliphatic carbocycles. The van der Waals surface area contributed by atoms with Crippen molar-refractivity contribution in [3.63, 3.8) is 0 Å². The SMILES string of the molecule is CC(C(=O)Nc1ccc(Cl)cc1N)n1cccc1C#N. The topological polar surface area (TPSA) is 83.8 Å². The van der Waals surface area contributed by atoms with Gasteiger partial charge >= 0.3 is 0 Å². The fourth-order valence-corrected chi connectivity index (χ4v) is 2.02. The van der Waals surface area contributed by atoms with Crippen LogP contribution in [0.5, 0.6) is 0 Å². The Morgan fingerprint density at radius 3 is 2.90 bits per heavy atom. The van der Waals surface area contributed by atoms with Gasteiger partial charge in [-0.1, -0.05) is 11.6 Å². The van der Waals surface area contributed by atoms with E-state index in [0.717, 1.165) is 0 Å². The molecule has 0 aliphatic rings. The molecular formula is C14H13ClN4O. The minimum atomic E-state index is -0.519. The van der Waals surface area contributed by atoms with E-state index in [0.29, 0.717) is 22.1 Å². The molecule has 0 saturated carbocycles. The number of halogens is 1. The number of nitrogens with one attached hydrogen (secondary N) is 1. The Hall–Kier alpha value is -2.45. The van der Waals surface area contributed by atoms with Crippen molar-refractivity contribution in [3.8, 4) is 6.07 Å². The zero-order valence-electron chi connectivity index (χ0n) is 10.8. The van der Waals surface area contributed by atoms with E-state index < -0.39 is 6.04 Å². The zero-order chi connectivity index (χ0) is 14.7. The number of hydrogen-bond acceptors (Lipinski definition) is 3. The molecule has 1 unspecified atom stereocenters. The summed E-state index contributed by atoms with van der Waals surface area (Å²) in [4.78, 5) is 12.2. The van der Waals surface area contributed by atoms with E-state index in [2.05, 4.69) is 5.32 Å². The summed E-state index contributed by atoms with van der Waals surface area (Å²) in [5.74, 6) is -0.258. The summed E-state index contributed by atoms with van der Waals surface area (Å²) in [7, 11) is 0. The van der Waals surface area contributed by atoms with Crippen LogP contribution in [0.2, 0.25) is 5.02 Å². The van der Waals surface area contributed by atoms with Gasteiger partial charge in [-0.3, -0.25) is 4.79 Å². The lowest BCUT2D eigenvalue weighted by Gasteiger charge is -2.16. The van der Waals surface area contributed by atoms with E-state index in [-0.39, 0.29) is 5.91 Å². The van der Waals surface area contributed by atoms with Crippen molar-refractivity contribution in [1.29, 1.82) is 5.26 Å². The number of nitrogen functional groups attached to an aromatic ring is 1. The molecule has 6 heteroatoms. The van der Waals surface area contributed by atoms with E-state index in [1.807, 2.05) is 6.07 Å². The van der Waals surface area contributed by atoms with E-state index in [1.54, 1.807) is 48.0 Å². The van der Waals surface area contributed by atoms with E-state index in [9.17, 15) is 4.79 Å². The Morgan fingerprint density at radius 2 is 2.25 bits per heavy atom. The van der Waals surface area contributed by atoms with Gasteiger partial charge in [-0.15, -0.1) is 0 Å². The highest BCUT2D eigenvalue weighted by Crippen LogP contribution is 2.24. The summed E-state index contributed by atoms with van der Waals surface area (Å²) in [6.07, 6.45) is 1.69. The average molecular weight is 289 g/mol. The lowest BCUT2D eigenvalue weighted by atomic mass is 10.2. The molecule has 1 atom stereocenters. The van der Waals surface area contributed by atoms with Gasteiger partial charge < -0.3 is 15.6 Å². The molecule has 0 fully saturated rings. The second-order valence-electron chi connectivity index (χ2n) is 4.31. The third-order valence-corrected chi connectivity index (χ3v) is 3.20. The number of carbonyl (C=O) groups is 1. The fraction of sp³-hybridized carbons (Fsp3) is 0.143. The first-order chi connectivity index (χ1) is 9.52. The molecule has 20 heavy (non-hydrogen) atoms.